The van der Waals surface area contributed by atoms with Crippen LogP contribution in [-0.4, -0.2) is 15.4 Å². The van der Waals surface area contributed by atoms with Gasteiger partial charge in [-0.25, -0.2) is 0 Å². The molecule has 0 saturated heterocycles. The number of nitrogens with zero attached hydrogens (tertiary/aromatic N) is 1. The van der Waals surface area contributed by atoms with E-state index in [9.17, 15) is 0 Å². The number of rotatable bonds is 1. The minimum atomic E-state index is -1.50. The molecule has 0 spiro atoms. The van der Waals surface area contributed by atoms with E-state index in [2.05, 4.69) is 0 Å². The number of aliphatic hydroxyl groups excluding tert-OH is 1. The zero-order valence-electron chi connectivity index (χ0n) is 8.10. The first-order valence-electron chi connectivity index (χ1n) is 3.98. The monoisotopic (exact) mass is 199 g/mol. The third-order valence-electron chi connectivity index (χ3n) is 1.80. The van der Waals surface area contributed by atoms with Gasteiger partial charge in [-0.2, -0.15) is 0 Å². The van der Waals surface area contributed by atoms with Crippen molar-refractivity contribution in [3.63, 3.8) is 0 Å². The third-order valence-corrected chi connectivity index (χ3v) is 1.80. The number of benzene rings is 1. The molecule has 2 N–H and O–H groups in total. The summed E-state index contributed by atoms with van der Waals surface area (Å²) < 4.78 is 0. The van der Waals surface area contributed by atoms with Crippen LogP contribution in [0.4, 0.5) is 0 Å². The summed E-state index contributed by atoms with van der Waals surface area (Å²) in [7, 11) is 0. The normalized spacial score (nSPS) is 8.79. The second-order valence-corrected chi connectivity index (χ2v) is 2.77. The summed E-state index contributed by atoms with van der Waals surface area (Å²) in [5.41, 5.74) is 3.40. The Kier molecular flexibility index (Phi) is 5.24. The second kappa shape index (κ2) is 5.93. The highest BCUT2D eigenvalue weighted by atomic mass is 16.9. The van der Waals surface area contributed by atoms with Gasteiger partial charge in [0.15, 0.2) is 0 Å². The van der Waals surface area contributed by atoms with Gasteiger partial charge in [-0.15, -0.1) is 10.1 Å². The minimum Gasteiger partial charge on any atom is -0.392 e. The fourth-order valence-electron chi connectivity index (χ4n) is 1.10. The molecule has 0 unspecified atom stereocenters. The van der Waals surface area contributed by atoms with Crippen molar-refractivity contribution in [2.75, 3.05) is 0 Å². The molecule has 1 rings (SSSR count). The van der Waals surface area contributed by atoms with Crippen molar-refractivity contribution < 1.29 is 15.4 Å². The predicted molar refractivity (Wildman–Crippen MR) is 50.6 cm³/mol. The molecule has 0 amide bonds. The van der Waals surface area contributed by atoms with Gasteiger partial charge in [-0.05, 0) is 30.5 Å². The van der Waals surface area contributed by atoms with Gasteiger partial charge in [0.1, 0.15) is 0 Å². The standard InChI is InChI=1S/C9H12O.HNO3/c1-7-4-3-5-8(2)9(7)6-10;2-1(3)4/h3-5,10H,6H2,1-2H3;(H,2,3,4). The molecule has 14 heavy (non-hydrogen) atoms. The van der Waals surface area contributed by atoms with Crippen LogP contribution in [0.5, 0.6) is 0 Å². The van der Waals surface area contributed by atoms with Crippen molar-refractivity contribution >= 4 is 0 Å². The Bertz CT molecular complexity index is 287. The van der Waals surface area contributed by atoms with E-state index < -0.39 is 5.09 Å². The first-order valence-corrected chi connectivity index (χ1v) is 3.98. The van der Waals surface area contributed by atoms with Gasteiger partial charge in [-0.3, -0.25) is 0 Å². The van der Waals surface area contributed by atoms with E-state index in [1.54, 1.807) is 0 Å². The third kappa shape index (κ3) is 4.42. The van der Waals surface area contributed by atoms with Crippen LogP contribution in [0.3, 0.4) is 0 Å². The summed E-state index contributed by atoms with van der Waals surface area (Å²) in [4.78, 5) is 8.36. The highest BCUT2D eigenvalue weighted by molar-refractivity contribution is 5.32. The van der Waals surface area contributed by atoms with Crippen molar-refractivity contribution in [1.82, 2.24) is 0 Å². The Morgan fingerprint density at radius 2 is 1.71 bits per heavy atom. The maximum atomic E-state index is 8.90. The molecule has 5 heteroatoms. The van der Waals surface area contributed by atoms with Gasteiger partial charge < -0.3 is 10.3 Å². The van der Waals surface area contributed by atoms with E-state index in [1.165, 1.54) is 11.1 Å². The van der Waals surface area contributed by atoms with Crippen molar-refractivity contribution in [2.24, 2.45) is 0 Å². The Morgan fingerprint density at radius 1 is 1.36 bits per heavy atom. The van der Waals surface area contributed by atoms with Crippen molar-refractivity contribution in [3.8, 4) is 0 Å². The maximum Gasteiger partial charge on any atom is 0.291 e. The van der Waals surface area contributed by atoms with Crippen molar-refractivity contribution in [3.05, 3.63) is 45.0 Å². The van der Waals surface area contributed by atoms with E-state index in [0.717, 1.165) is 5.56 Å². The second-order valence-electron chi connectivity index (χ2n) is 2.77. The Balaban J connectivity index is 0.000000364. The van der Waals surface area contributed by atoms with Gasteiger partial charge in [-0.1, -0.05) is 18.2 Å². The van der Waals surface area contributed by atoms with Crippen LogP contribution >= 0.6 is 0 Å². The van der Waals surface area contributed by atoms with E-state index in [-0.39, 0.29) is 6.61 Å². The largest absolute Gasteiger partial charge is 0.392 e. The van der Waals surface area contributed by atoms with Crippen molar-refractivity contribution in [1.29, 1.82) is 0 Å². The lowest BCUT2D eigenvalue weighted by atomic mass is 10.0. The topological polar surface area (TPSA) is 83.6 Å². The summed E-state index contributed by atoms with van der Waals surface area (Å²) in [6.45, 7) is 4.18. The molecule has 0 aliphatic rings. The van der Waals surface area contributed by atoms with E-state index in [0.29, 0.717) is 0 Å². The fourth-order valence-corrected chi connectivity index (χ4v) is 1.10. The Labute approximate surface area is 81.7 Å². The molecule has 0 saturated carbocycles. The first-order chi connectivity index (χ1) is 6.49. The van der Waals surface area contributed by atoms with E-state index in [1.807, 2.05) is 32.0 Å². The van der Waals surface area contributed by atoms with Crippen molar-refractivity contribution in [2.45, 2.75) is 20.5 Å². The van der Waals surface area contributed by atoms with Gasteiger partial charge >= 0.3 is 0 Å². The first kappa shape index (κ1) is 12.4. The van der Waals surface area contributed by atoms with Crippen LogP contribution in [-0.2, 0) is 6.61 Å². The summed E-state index contributed by atoms with van der Waals surface area (Å²) in [6, 6.07) is 6.03. The van der Waals surface area contributed by atoms with Gasteiger partial charge in [0.05, 0.1) is 6.61 Å². The molecule has 0 heterocycles. The van der Waals surface area contributed by atoms with Crippen LogP contribution in [0.1, 0.15) is 16.7 Å². The minimum absolute atomic E-state index is 0.151. The molecule has 78 valence electrons. The molecule has 0 aromatic heterocycles. The molecular formula is C9H13NO4. The Morgan fingerprint density at radius 3 is 1.93 bits per heavy atom. The summed E-state index contributed by atoms with van der Waals surface area (Å²) in [6.07, 6.45) is 0. The Hall–Kier alpha value is -1.62. The molecule has 5 nitrogen and oxygen atoms in total. The molecule has 0 bridgehead atoms. The maximum absolute atomic E-state index is 8.90. The number of aliphatic hydroxyl groups is 1. The van der Waals surface area contributed by atoms with Gasteiger partial charge in [0.25, 0.3) is 5.09 Å². The van der Waals surface area contributed by atoms with E-state index >= 15 is 0 Å². The van der Waals surface area contributed by atoms with Crippen LogP contribution in [0.2, 0.25) is 0 Å². The molecule has 0 radical (unpaired) electrons. The van der Waals surface area contributed by atoms with E-state index in [4.69, 9.17) is 20.4 Å². The molecule has 0 aliphatic carbocycles. The zero-order chi connectivity index (χ0) is 11.1. The van der Waals surface area contributed by atoms with Gasteiger partial charge in [0, 0.05) is 0 Å². The SMILES string of the molecule is Cc1cccc(C)c1CO.O=[N+]([O-])O. The average Bonchev–Trinajstić information content (AvgIpc) is 2.03. The summed E-state index contributed by atoms with van der Waals surface area (Å²) in [5.74, 6) is 0. The highest BCUT2D eigenvalue weighted by Gasteiger charge is 1.97. The predicted octanol–water partition coefficient (Wildman–Crippen LogP) is 1.45. The molecule has 0 fully saturated rings. The zero-order valence-corrected chi connectivity index (χ0v) is 8.10. The molecular weight excluding hydrogens is 186 g/mol. The quantitative estimate of drug-likeness (QED) is 0.529. The number of hydrogen-bond acceptors (Lipinski definition) is 3. The fraction of sp³-hybridized carbons (Fsp3) is 0.333. The smallest absolute Gasteiger partial charge is 0.291 e. The lowest BCUT2D eigenvalue weighted by molar-refractivity contribution is -0.742. The van der Waals surface area contributed by atoms with Gasteiger partial charge in [0.2, 0.25) is 0 Å². The summed E-state index contributed by atoms with van der Waals surface area (Å²) >= 11 is 0. The van der Waals surface area contributed by atoms with Crippen LogP contribution in [0, 0.1) is 24.0 Å². The summed E-state index contributed by atoms with van der Waals surface area (Å²) in [5, 5.41) is 22.5. The molecule has 1 aromatic carbocycles. The number of hydrogen-bond donors (Lipinski definition) is 2. The lowest BCUT2D eigenvalue weighted by Gasteiger charge is -2.04. The molecule has 0 atom stereocenters. The molecule has 0 aliphatic heterocycles. The van der Waals surface area contributed by atoms with Crippen LogP contribution < -0.4 is 0 Å². The van der Waals surface area contributed by atoms with Crippen LogP contribution in [0.25, 0.3) is 0 Å². The number of aryl methyl sites for hydroxylation is 2. The van der Waals surface area contributed by atoms with Crippen LogP contribution in [0.15, 0.2) is 18.2 Å². The average molecular weight is 199 g/mol. The highest BCUT2D eigenvalue weighted by Crippen LogP contribution is 2.11. The lowest BCUT2D eigenvalue weighted by Crippen LogP contribution is -1.91. The molecule has 1 aromatic rings.